The summed E-state index contributed by atoms with van der Waals surface area (Å²) in [6.07, 6.45) is 1.62. The Morgan fingerprint density at radius 1 is 1.41 bits per heavy atom. The molecular weight excluding hydrogens is 346 g/mol. The maximum Gasteiger partial charge on any atom is 0.266 e. The van der Waals surface area contributed by atoms with Gasteiger partial charge < -0.3 is 10.7 Å². The molecule has 2 aromatic rings. The van der Waals surface area contributed by atoms with Crippen molar-refractivity contribution in [2.24, 2.45) is 10.7 Å². The average Bonchev–Trinajstić information content (AvgIpc) is 3.07. The van der Waals surface area contributed by atoms with Crippen molar-refractivity contribution in [2.45, 2.75) is 5.54 Å². The van der Waals surface area contributed by atoms with E-state index in [-0.39, 0.29) is 11.9 Å². The highest BCUT2D eigenvalue weighted by Gasteiger charge is 2.50. The fraction of sp³-hybridized carbons (Fsp3) is 0.133. The van der Waals surface area contributed by atoms with Crippen molar-refractivity contribution in [2.75, 3.05) is 7.05 Å². The topological polar surface area (TPSA) is 98.3 Å². The standard InChI is InChI=1S/C15H12BrN5O/c1-21-13(22)15(20-14(21)18,9-3-2-4-11(16)5-9)10-6-12(7-17)19-8-10/h2-6,8,19H,1H3,(H2,18,20). The van der Waals surface area contributed by atoms with E-state index in [4.69, 9.17) is 11.0 Å². The summed E-state index contributed by atoms with van der Waals surface area (Å²) >= 11 is 3.41. The van der Waals surface area contributed by atoms with E-state index in [9.17, 15) is 4.79 Å². The molecule has 1 atom stereocenters. The van der Waals surface area contributed by atoms with E-state index in [0.717, 1.165) is 4.47 Å². The Labute approximate surface area is 135 Å². The van der Waals surface area contributed by atoms with Crippen LogP contribution in [0.1, 0.15) is 16.8 Å². The second-order valence-corrected chi connectivity index (χ2v) is 5.88. The number of nitrogens with one attached hydrogen (secondary N) is 1. The van der Waals surface area contributed by atoms with E-state index < -0.39 is 5.54 Å². The molecule has 3 N–H and O–H groups in total. The first kappa shape index (κ1) is 14.4. The molecule has 1 unspecified atom stereocenters. The summed E-state index contributed by atoms with van der Waals surface area (Å²) in [4.78, 5) is 21.5. The smallest absolute Gasteiger partial charge is 0.266 e. The van der Waals surface area contributed by atoms with E-state index in [1.165, 1.54) is 4.90 Å². The minimum absolute atomic E-state index is 0.143. The number of halogens is 1. The minimum Gasteiger partial charge on any atom is -0.369 e. The molecule has 2 heterocycles. The van der Waals surface area contributed by atoms with Gasteiger partial charge in [0.2, 0.25) is 0 Å². The summed E-state index contributed by atoms with van der Waals surface area (Å²) in [5.41, 5.74) is 6.22. The molecule has 3 rings (SSSR count). The van der Waals surface area contributed by atoms with Crippen LogP contribution in [-0.2, 0) is 10.3 Å². The molecule has 0 spiro atoms. The number of hydrogen-bond donors (Lipinski definition) is 2. The summed E-state index contributed by atoms with van der Waals surface area (Å²) in [6.45, 7) is 0. The van der Waals surface area contributed by atoms with Crippen LogP contribution in [-0.4, -0.2) is 28.8 Å². The maximum absolute atomic E-state index is 12.9. The summed E-state index contributed by atoms with van der Waals surface area (Å²) in [6, 6.07) is 11.0. The second-order valence-electron chi connectivity index (χ2n) is 4.97. The van der Waals surface area contributed by atoms with Gasteiger partial charge in [0.25, 0.3) is 5.91 Å². The number of likely N-dealkylation sites (N-methyl/N-ethyl adjacent to an activating group) is 1. The number of nitrogens with two attached hydrogens (primary N) is 1. The van der Waals surface area contributed by atoms with E-state index in [0.29, 0.717) is 16.8 Å². The lowest BCUT2D eigenvalue weighted by Crippen LogP contribution is -2.41. The number of aliphatic imine (C=N–C) groups is 1. The first-order valence-corrected chi connectivity index (χ1v) is 7.27. The quantitative estimate of drug-likeness (QED) is 0.855. The predicted octanol–water partition coefficient (Wildman–Crippen LogP) is 1.68. The van der Waals surface area contributed by atoms with E-state index >= 15 is 0 Å². The van der Waals surface area contributed by atoms with Crippen LogP contribution in [0.25, 0.3) is 0 Å². The van der Waals surface area contributed by atoms with Crippen molar-refractivity contribution < 1.29 is 4.79 Å². The van der Waals surface area contributed by atoms with Crippen LogP contribution in [0.3, 0.4) is 0 Å². The normalized spacial score (nSPS) is 20.9. The number of carbonyl (C=O) groups excluding carboxylic acids is 1. The highest BCUT2D eigenvalue weighted by molar-refractivity contribution is 9.10. The zero-order chi connectivity index (χ0) is 15.9. The lowest BCUT2D eigenvalue weighted by molar-refractivity contribution is -0.129. The van der Waals surface area contributed by atoms with Gasteiger partial charge in [0.1, 0.15) is 11.8 Å². The number of amides is 1. The molecule has 1 aliphatic heterocycles. The van der Waals surface area contributed by atoms with Crippen molar-refractivity contribution in [3.8, 4) is 6.07 Å². The Kier molecular flexibility index (Phi) is 3.26. The Hall–Kier alpha value is -2.59. The molecule has 0 radical (unpaired) electrons. The molecule has 1 aromatic heterocycles. The lowest BCUT2D eigenvalue weighted by Gasteiger charge is -2.24. The largest absolute Gasteiger partial charge is 0.369 e. The molecule has 0 bridgehead atoms. The molecule has 7 heteroatoms. The number of benzene rings is 1. The van der Waals surface area contributed by atoms with Crippen LogP contribution in [0.4, 0.5) is 0 Å². The van der Waals surface area contributed by atoms with Gasteiger partial charge in [-0.2, -0.15) is 5.26 Å². The number of rotatable bonds is 2. The first-order chi connectivity index (χ1) is 10.5. The molecular formula is C15H12BrN5O. The number of aromatic nitrogens is 1. The SMILES string of the molecule is CN1C(=O)C(c2cccc(Br)c2)(c2c[nH]c(C#N)c2)N=C1N. The molecule has 1 aliphatic rings. The third kappa shape index (κ3) is 1.92. The predicted molar refractivity (Wildman–Crippen MR) is 84.8 cm³/mol. The summed E-state index contributed by atoms with van der Waals surface area (Å²) in [5.74, 6) is -0.115. The van der Waals surface area contributed by atoms with E-state index in [1.54, 1.807) is 19.3 Å². The fourth-order valence-corrected chi connectivity index (χ4v) is 2.96. The average molecular weight is 358 g/mol. The highest BCUT2D eigenvalue weighted by atomic mass is 79.9. The van der Waals surface area contributed by atoms with Crippen molar-refractivity contribution in [3.63, 3.8) is 0 Å². The molecule has 110 valence electrons. The van der Waals surface area contributed by atoms with E-state index in [2.05, 4.69) is 25.9 Å². The van der Waals surface area contributed by atoms with Crippen LogP contribution < -0.4 is 5.73 Å². The molecule has 0 aliphatic carbocycles. The number of nitriles is 1. The van der Waals surface area contributed by atoms with E-state index in [1.807, 2.05) is 30.3 Å². The number of carbonyl (C=O) groups is 1. The van der Waals surface area contributed by atoms with Gasteiger partial charge in [-0.15, -0.1) is 0 Å². The van der Waals surface area contributed by atoms with Gasteiger partial charge in [0, 0.05) is 23.3 Å². The molecule has 22 heavy (non-hydrogen) atoms. The van der Waals surface area contributed by atoms with Crippen molar-refractivity contribution >= 4 is 27.8 Å². The summed E-state index contributed by atoms with van der Waals surface area (Å²) in [5, 5.41) is 9.02. The molecule has 0 saturated heterocycles. The van der Waals surface area contributed by atoms with Crippen LogP contribution >= 0.6 is 15.9 Å². The number of hydrogen-bond acceptors (Lipinski definition) is 4. The van der Waals surface area contributed by atoms with Gasteiger partial charge in [-0.1, -0.05) is 28.1 Å². The van der Waals surface area contributed by atoms with Gasteiger partial charge in [0.15, 0.2) is 11.5 Å². The minimum atomic E-state index is -1.27. The zero-order valence-electron chi connectivity index (χ0n) is 11.7. The van der Waals surface area contributed by atoms with Crippen LogP contribution in [0.2, 0.25) is 0 Å². The second kappa shape index (κ2) is 5.00. The molecule has 6 nitrogen and oxygen atoms in total. The van der Waals surface area contributed by atoms with Crippen molar-refractivity contribution in [3.05, 3.63) is 57.8 Å². The molecule has 1 amide bonds. The van der Waals surface area contributed by atoms with Crippen molar-refractivity contribution in [1.29, 1.82) is 5.26 Å². The molecule has 1 aromatic carbocycles. The monoisotopic (exact) mass is 357 g/mol. The molecule has 0 saturated carbocycles. The molecule has 0 fully saturated rings. The third-order valence-electron chi connectivity index (χ3n) is 3.70. The van der Waals surface area contributed by atoms with Gasteiger partial charge in [-0.3, -0.25) is 9.69 Å². The van der Waals surface area contributed by atoms with Crippen LogP contribution in [0.5, 0.6) is 0 Å². The van der Waals surface area contributed by atoms with Crippen LogP contribution in [0, 0.1) is 11.3 Å². The Bertz CT molecular complexity index is 834. The lowest BCUT2D eigenvalue weighted by atomic mass is 9.84. The van der Waals surface area contributed by atoms with Crippen LogP contribution in [0.15, 0.2) is 46.0 Å². The first-order valence-electron chi connectivity index (χ1n) is 6.47. The third-order valence-corrected chi connectivity index (χ3v) is 4.20. The summed E-state index contributed by atoms with van der Waals surface area (Å²) < 4.78 is 0.830. The highest BCUT2D eigenvalue weighted by Crippen LogP contribution is 2.40. The van der Waals surface area contributed by atoms with Gasteiger partial charge >= 0.3 is 0 Å². The number of nitrogens with zero attached hydrogens (tertiary/aromatic N) is 3. The zero-order valence-corrected chi connectivity index (χ0v) is 13.3. The number of aromatic amines is 1. The Balaban J connectivity index is 2.29. The van der Waals surface area contributed by atoms with Gasteiger partial charge in [-0.05, 0) is 23.8 Å². The number of H-pyrrole nitrogens is 1. The summed E-state index contributed by atoms with van der Waals surface area (Å²) in [7, 11) is 1.58. The van der Waals surface area contributed by atoms with Crippen molar-refractivity contribution in [1.82, 2.24) is 9.88 Å². The Morgan fingerprint density at radius 3 is 2.73 bits per heavy atom. The number of guanidine groups is 1. The Morgan fingerprint density at radius 2 is 2.18 bits per heavy atom. The fourth-order valence-electron chi connectivity index (χ4n) is 2.57. The maximum atomic E-state index is 12.9. The van der Waals surface area contributed by atoms with Gasteiger partial charge in [-0.25, -0.2) is 4.99 Å². The van der Waals surface area contributed by atoms with Gasteiger partial charge in [0.05, 0.1) is 0 Å².